The van der Waals surface area contributed by atoms with Crippen LogP contribution in [0.2, 0.25) is 0 Å². The number of nitrogens with zero attached hydrogens (tertiary/aromatic N) is 4. The minimum Gasteiger partial charge on any atom is -0.443 e. The molecule has 1 amide bonds. The maximum Gasteiger partial charge on any atom is 0.275 e. The van der Waals surface area contributed by atoms with Crippen LogP contribution in [0.25, 0.3) is 11.6 Å². The molecule has 1 aliphatic heterocycles. The highest BCUT2D eigenvalue weighted by Crippen LogP contribution is 2.26. The molecule has 3 N–H and O–H groups in total. The molecular weight excluding hydrogens is 344 g/mol. The van der Waals surface area contributed by atoms with E-state index in [0.717, 1.165) is 25.1 Å². The zero-order valence-corrected chi connectivity index (χ0v) is 15.0. The number of para-hydroxylation sites is 1. The van der Waals surface area contributed by atoms with Gasteiger partial charge >= 0.3 is 0 Å². The first kappa shape index (κ1) is 17.0. The molecule has 27 heavy (non-hydrogen) atoms. The first-order valence-corrected chi connectivity index (χ1v) is 8.78. The summed E-state index contributed by atoms with van der Waals surface area (Å²) >= 11 is 0. The molecule has 4 rings (SSSR count). The summed E-state index contributed by atoms with van der Waals surface area (Å²) in [6.45, 7) is 3.02. The summed E-state index contributed by atoms with van der Waals surface area (Å²) in [6, 6.07) is 8.24. The number of anilines is 2. The molecule has 0 fully saturated rings. The molecule has 0 saturated heterocycles. The zero-order chi connectivity index (χ0) is 18.8. The van der Waals surface area contributed by atoms with Crippen LogP contribution < -0.4 is 16.0 Å². The molecule has 1 aromatic carbocycles. The smallest absolute Gasteiger partial charge is 0.275 e. The number of aromatic nitrogens is 3. The largest absolute Gasteiger partial charge is 0.443 e. The molecule has 8 nitrogen and oxygen atoms in total. The highest BCUT2D eigenvalue weighted by molar-refractivity contribution is 5.96. The molecule has 0 bridgehead atoms. The number of nitrogen functional groups attached to an aromatic ring is 1. The molecule has 8 heteroatoms. The monoisotopic (exact) mass is 364 g/mol. The predicted molar refractivity (Wildman–Crippen MR) is 101 cm³/mol. The molecule has 1 aliphatic rings. The zero-order valence-electron chi connectivity index (χ0n) is 15.0. The Balaban J connectivity index is 1.50. The Hall–Kier alpha value is -3.42. The summed E-state index contributed by atoms with van der Waals surface area (Å²) in [5.74, 6) is 0.0130. The third-order valence-electron chi connectivity index (χ3n) is 4.58. The first-order valence-electron chi connectivity index (χ1n) is 8.78. The van der Waals surface area contributed by atoms with E-state index in [2.05, 4.69) is 37.3 Å². The number of amides is 1. The Morgan fingerprint density at radius 3 is 3.00 bits per heavy atom. The molecule has 0 saturated carbocycles. The van der Waals surface area contributed by atoms with Crippen molar-refractivity contribution in [2.24, 2.45) is 0 Å². The van der Waals surface area contributed by atoms with Crippen LogP contribution in [-0.4, -0.2) is 34.1 Å². The number of benzene rings is 1. The lowest BCUT2D eigenvalue weighted by atomic mass is 10.0. The maximum atomic E-state index is 12.6. The van der Waals surface area contributed by atoms with E-state index in [0.29, 0.717) is 23.9 Å². The van der Waals surface area contributed by atoms with E-state index in [1.54, 1.807) is 6.92 Å². The average molecular weight is 364 g/mol. The Bertz CT molecular complexity index is 970. The fourth-order valence-electron chi connectivity index (χ4n) is 3.27. The standard InChI is InChI=1S/C19H20N6O2/c1-12-15(19-21-8-10-27-19)24-17(20)16(23-12)18(26)22-11-25-9-4-6-13-5-2-3-7-14(13)25/h2-3,5,7-8,10H,4,6,9,11H2,1H3,(H2,20,24)(H,22,26). The minimum absolute atomic E-state index is 0.0466. The Labute approximate surface area is 156 Å². The van der Waals surface area contributed by atoms with Crippen molar-refractivity contribution in [3.05, 3.63) is 53.7 Å². The molecule has 0 radical (unpaired) electrons. The molecule has 2 aromatic heterocycles. The van der Waals surface area contributed by atoms with Gasteiger partial charge in [0.05, 0.1) is 18.6 Å². The fraction of sp³-hybridized carbons (Fsp3) is 0.263. The number of hydrogen-bond acceptors (Lipinski definition) is 7. The van der Waals surface area contributed by atoms with Crippen molar-refractivity contribution in [3.8, 4) is 11.6 Å². The van der Waals surface area contributed by atoms with Crippen molar-refractivity contribution in [2.75, 3.05) is 23.8 Å². The number of fused-ring (bicyclic) bond motifs is 1. The van der Waals surface area contributed by atoms with Crippen molar-refractivity contribution in [1.29, 1.82) is 0 Å². The lowest BCUT2D eigenvalue weighted by Gasteiger charge is -2.31. The third kappa shape index (κ3) is 3.33. The van der Waals surface area contributed by atoms with E-state index in [9.17, 15) is 4.79 Å². The van der Waals surface area contributed by atoms with E-state index in [-0.39, 0.29) is 17.4 Å². The quantitative estimate of drug-likeness (QED) is 0.730. The molecule has 138 valence electrons. The van der Waals surface area contributed by atoms with Crippen molar-refractivity contribution in [2.45, 2.75) is 19.8 Å². The van der Waals surface area contributed by atoms with E-state index in [1.165, 1.54) is 18.0 Å². The molecule has 0 aliphatic carbocycles. The molecule has 0 atom stereocenters. The number of carbonyl (C=O) groups excluding carboxylic acids is 1. The second kappa shape index (κ2) is 7.06. The second-order valence-electron chi connectivity index (χ2n) is 6.39. The van der Waals surface area contributed by atoms with Gasteiger partial charge in [-0.3, -0.25) is 4.79 Å². The van der Waals surface area contributed by atoms with Crippen molar-refractivity contribution in [3.63, 3.8) is 0 Å². The maximum absolute atomic E-state index is 12.6. The van der Waals surface area contributed by atoms with Gasteiger partial charge in [0, 0.05) is 12.2 Å². The van der Waals surface area contributed by atoms with Crippen LogP contribution >= 0.6 is 0 Å². The van der Waals surface area contributed by atoms with Crippen LogP contribution in [-0.2, 0) is 6.42 Å². The van der Waals surface area contributed by atoms with Gasteiger partial charge in [-0.25, -0.2) is 15.0 Å². The van der Waals surface area contributed by atoms with Crippen molar-refractivity contribution < 1.29 is 9.21 Å². The van der Waals surface area contributed by atoms with Gasteiger partial charge < -0.3 is 20.4 Å². The summed E-state index contributed by atoms with van der Waals surface area (Å²) in [6.07, 6.45) is 5.08. The fourth-order valence-corrected chi connectivity index (χ4v) is 3.27. The number of rotatable bonds is 4. The van der Waals surface area contributed by atoms with Gasteiger partial charge in [0.1, 0.15) is 12.0 Å². The van der Waals surface area contributed by atoms with Crippen LogP contribution in [0, 0.1) is 6.92 Å². The van der Waals surface area contributed by atoms with Crippen LogP contribution in [0.3, 0.4) is 0 Å². The van der Waals surface area contributed by atoms with E-state index >= 15 is 0 Å². The summed E-state index contributed by atoms with van der Waals surface area (Å²) in [7, 11) is 0. The average Bonchev–Trinajstić information content (AvgIpc) is 3.22. The summed E-state index contributed by atoms with van der Waals surface area (Å²) in [4.78, 5) is 27.4. The third-order valence-corrected chi connectivity index (χ3v) is 4.58. The van der Waals surface area contributed by atoms with Gasteiger partial charge in [-0.15, -0.1) is 0 Å². The Morgan fingerprint density at radius 1 is 1.33 bits per heavy atom. The number of hydrogen-bond donors (Lipinski definition) is 2. The van der Waals surface area contributed by atoms with Gasteiger partial charge in [-0.2, -0.15) is 0 Å². The van der Waals surface area contributed by atoms with Gasteiger partial charge in [0.25, 0.3) is 5.91 Å². The molecular formula is C19H20N6O2. The van der Waals surface area contributed by atoms with Crippen LogP contribution in [0.4, 0.5) is 11.5 Å². The summed E-state index contributed by atoms with van der Waals surface area (Å²) in [5.41, 5.74) is 9.47. The van der Waals surface area contributed by atoms with Gasteiger partial charge in [0.2, 0.25) is 5.89 Å². The lowest BCUT2D eigenvalue weighted by Crippen LogP contribution is -2.40. The number of nitrogens with one attached hydrogen (secondary N) is 1. The highest BCUT2D eigenvalue weighted by Gasteiger charge is 2.21. The summed E-state index contributed by atoms with van der Waals surface area (Å²) < 4.78 is 5.24. The molecule has 0 spiro atoms. The molecule has 3 heterocycles. The lowest BCUT2D eigenvalue weighted by molar-refractivity contribution is 0.0949. The first-order chi connectivity index (χ1) is 13.1. The molecule has 3 aromatic rings. The van der Waals surface area contributed by atoms with Crippen LogP contribution in [0.5, 0.6) is 0 Å². The van der Waals surface area contributed by atoms with E-state index in [4.69, 9.17) is 10.2 Å². The topological polar surface area (TPSA) is 110 Å². The molecule has 0 unspecified atom stereocenters. The van der Waals surface area contributed by atoms with Crippen molar-refractivity contribution >= 4 is 17.4 Å². The van der Waals surface area contributed by atoms with E-state index < -0.39 is 0 Å². The number of carbonyl (C=O) groups is 1. The van der Waals surface area contributed by atoms with E-state index in [1.807, 2.05) is 12.1 Å². The van der Waals surface area contributed by atoms with Crippen LogP contribution in [0.1, 0.15) is 28.2 Å². The normalized spacial score (nSPS) is 13.3. The summed E-state index contributed by atoms with van der Waals surface area (Å²) in [5, 5.41) is 2.90. The number of nitrogens with two attached hydrogens (primary N) is 1. The van der Waals surface area contributed by atoms with Crippen LogP contribution in [0.15, 0.2) is 41.1 Å². The Morgan fingerprint density at radius 2 is 2.19 bits per heavy atom. The SMILES string of the molecule is Cc1nc(C(=O)NCN2CCCc3ccccc32)c(N)nc1-c1ncco1. The number of oxazole rings is 1. The van der Waals surface area contributed by atoms with Gasteiger partial charge in [-0.05, 0) is 31.4 Å². The highest BCUT2D eigenvalue weighted by atomic mass is 16.3. The van der Waals surface area contributed by atoms with Crippen molar-refractivity contribution in [1.82, 2.24) is 20.3 Å². The van der Waals surface area contributed by atoms with Gasteiger partial charge in [0.15, 0.2) is 11.5 Å². The van der Waals surface area contributed by atoms with Gasteiger partial charge in [-0.1, -0.05) is 18.2 Å². The minimum atomic E-state index is -0.356. The Kier molecular flexibility index (Phi) is 4.45. The number of aryl methyl sites for hydroxylation is 2. The second-order valence-corrected chi connectivity index (χ2v) is 6.39. The predicted octanol–water partition coefficient (Wildman–Crippen LogP) is 2.16.